The molecule has 0 bridgehead atoms. The summed E-state index contributed by atoms with van der Waals surface area (Å²) >= 11 is 0. The summed E-state index contributed by atoms with van der Waals surface area (Å²) in [5.41, 5.74) is 0. The molecule has 0 radical (unpaired) electrons. The fourth-order valence-corrected chi connectivity index (χ4v) is 3.20. The topological polar surface area (TPSA) is 12.4 Å². The van der Waals surface area contributed by atoms with Crippen molar-refractivity contribution in [2.24, 2.45) is 4.74 Å². The monoisotopic (exact) mass is 159 g/mol. The Balaban J connectivity index is 2.52. The number of hydrogen-bond acceptors (Lipinski definition) is 1. The lowest BCUT2D eigenvalue weighted by Crippen LogP contribution is -1.94. The van der Waals surface area contributed by atoms with Crippen molar-refractivity contribution in [3.05, 3.63) is 0 Å². The first kappa shape index (κ1) is 8.33. The zero-order valence-electron chi connectivity index (χ0n) is 7.14. The zero-order valence-corrected chi connectivity index (χ0v) is 8.03. The molecule has 0 saturated heterocycles. The van der Waals surface area contributed by atoms with Crippen LogP contribution in [0.25, 0.3) is 0 Å². The van der Waals surface area contributed by atoms with Crippen molar-refractivity contribution in [1.29, 1.82) is 0 Å². The second kappa shape index (κ2) is 3.57. The van der Waals surface area contributed by atoms with E-state index in [1.807, 2.05) is 0 Å². The van der Waals surface area contributed by atoms with Gasteiger partial charge in [-0.2, -0.15) is 0 Å². The molecule has 1 heterocycles. The third-order valence-electron chi connectivity index (χ3n) is 2.10. The molecular weight excluding hydrogens is 141 g/mol. The van der Waals surface area contributed by atoms with E-state index >= 15 is 0 Å². The normalized spacial score (nSPS) is 26.2. The zero-order chi connectivity index (χ0) is 7.45. The van der Waals surface area contributed by atoms with Crippen molar-refractivity contribution in [3.63, 3.8) is 0 Å². The SMILES string of the molecule is CP1(C)=NCCCCCC1. The van der Waals surface area contributed by atoms with E-state index < -0.39 is 7.05 Å². The van der Waals surface area contributed by atoms with Gasteiger partial charge in [-0.05, 0) is 39.4 Å². The quantitative estimate of drug-likeness (QED) is 0.482. The molecule has 1 nitrogen and oxygen atoms in total. The maximum Gasteiger partial charge on any atom is 0.0374 e. The summed E-state index contributed by atoms with van der Waals surface area (Å²) in [5, 5.41) is 0. The maximum atomic E-state index is 4.73. The first-order valence-corrected chi connectivity index (χ1v) is 7.05. The molecule has 1 aliphatic heterocycles. The van der Waals surface area contributed by atoms with Gasteiger partial charge < -0.3 is 4.74 Å². The highest BCUT2D eigenvalue weighted by molar-refractivity contribution is 7.64. The molecule has 0 amide bonds. The summed E-state index contributed by atoms with van der Waals surface area (Å²) < 4.78 is 4.73. The highest BCUT2D eigenvalue weighted by atomic mass is 31.2. The van der Waals surface area contributed by atoms with Gasteiger partial charge in [-0.1, -0.05) is 12.8 Å². The molecule has 1 rings (SSSR count). The summed E-state index contributed by atoms with van der Waals surface area (Å²) in [5.74, 6) is 0. The fourth-order valence-electron chi connectivity index (χ4n) is 1.38. The van der Waals surface area contributed by atoms with Gasteiger partial charge in [0.25, 0.3) is 0 Å². The minimum Gasteiger partial charge on any atom is -0.304 e. The van der Waals surface area contributed by atoms with Gasteiger partial charge in [-0.3, -0.25) is 0 Å². The molecule has 0 aromatic carbocycles. The smallest absolute Gasteiger partial charge is 0.0374 e. The van der Waals surface area contributed by atoms with Crippen LogP contribution < -0.4 is 0 Å². The molecule has 0 N–H and O–H groups in total. The van der Waals surface area contributed by atoms with Crippen molar-refractivity contribution >= 4 is 7.05 Å². The number of rotatable bonds is 0. The van der Waals surface area contributed by atoms with Crippen LogP contribution in [-0.2, 0) is 0 Å². The van der Waals surface area contributed by atoms with Gasteiger partial charge in [0.2, 0.25) is 0 Å². The van der Waals surface area contributed by atoms with Crippen LogP contribution in [0.4, 0.5) is 0 Å². The average Bonchev–Trinajstić information content (AvgIpc) is 1.81. The lowest BCUT2D eigenvalue weighted by Gasteiger charge is -2.16. The molecule has 10 heavy (non-hydrogen) atoms. The van der Waals surface area contributed by atoms with Crippen LogP contribution in [0.2, 0.25) is 0 Å². The Morgan fingerprint density at radius 3 is 2.50 bits per heavy atom. The third kappa shape index (κ3) is 2.88. The third-order valence-corrected chi connectivity index (χ3v) is 4.47. The van der Waals surface area contributed by atoms with Crippen LogP contribution >= 0.6 is 7.05 Å². The molecule has 2 heteroatoms. The van der Waals surface area contributed by atoms with E-state index in [4.69, 9.17) is 4.74 Å². The van der Waals surface area contributed by atoms with Crippen LogP contribution in [0.15, 0.2) is 4.74 Å². The summed E-state index contributed by atoms with van der Waals surface area (Å²) in [7, 11) is -0.783. The predicted octanol–water partition coefficient (Wildman–Crippen LogP) is 3.02. The fraction of sp³-hybridized carbons (Fsp3) is 1.00. The lowest BCUT2D eigenvalue weighted by molar-refractivity contribution is 0.669. The van der Waals surface area contributed by atoms with Crippen LogP contribution in [-0.4, -0.2) is 26.0 Å². The van der Waals surface area contributed by atoms with E-state index in [0.29, 0.717) is 0 Å². The summed E-state index contributed by atoms with van der Waals surface area (Å²) in [4.78, 5) is 0. The molecule has 0 atom stereocenters. The van der Waals surface area contributed by atoms with Gasteiger partial charge in [-0.25, -0.2) is 0 Å². The Hall–Kier alpha value is 0.230. The molecule has 0 unspecified atom stereocenters. The van der Waals surface area contributed by atoms with E-state index in [-0.39, 0.29) is 0 Å². The lowest BCUT2D eigenvalue weighted by atomic mass is 10.2. The second-order valence-electron chi connectivity index (χ2n) is 3.62. The molecule has 1 aliphatic rings. The molecule has 0 aromatic rings. The molecule has 0 saturated carbocycles. The minimum atomic E-state index is -0.783. The van der Waals surface area contributed by atoms with Gasteiger partial charge in [0.15, 0.2) is 0 Å². The van der Waals surface area contributed by atoms with Crippen molar-refractivity contribution in [2.75, 3.05) is 26.0 Å². The summed E-state index contributed by atoms with van der Waals surface area (Å²) in [6, 6.07) is 0. The van der Waals surface area contributed by atoms with Gasteiger partial charge in [0.05, 0.1) is 0 Å². The average molecular weight is 159 g/mol. The largest absolute Gasteiger partial charge is 0.304 e. The van der Waals surface area contributed by atoms with Crippen LogP contribution in [0, 0.1) is 0 Å². The predicted molar refractivity (Wildman–Crippen MR) is 49.4 cm³/mol. The molecule has 0 aliphatic carbocycles. The Labute approximate surface area is 64.3 Å². The first-order chi connectivity index (χ1) is 4.71. The van der Waals surface area contributed by atoms with Crippen LogP contribution in [0.1, 0.15) is 25.7 Å². The molecule has 0 aromatic heterocycles. The molecule has 60 valence electrons. The van der Waals surface area contributed by atoms with E-state index in [1.165, 1.54) is 31.8 Å². The van der Waals surface area contributed by atoms with E-state index in [1.54, 1.807) is 0 Å². The van der Waals surface area contributed by atoms with Gasteiger partial charge in [0.1, 0.15) is 0 Å². The summed E-state index contributed by atoms with van der Waals surface area (Å²) in [6.07, 6.45) is 7.00. The highest BCUT2D eigenvalue weighted by Crippen LogP contribution is 2.42. The van der Waals surface area contributed by atoms with Crippen molar-refractivity contribution < 1.29 is 0 Å². The minimum absolute atomic E-state index is 0.783. The second-order valence-corrected chi connectivity index (χ2v) is 7.60. The van der Waals surface area contributed by atoms with Gasteiger partial charge in [0, 0.05) is 6.54 Å². The van der Waals surface area contributed by atoms with Crippen LogP contribution in [0.3, 0.4) is 0 Å². The Morgan fingerprint density at radius 2 is 1.70 bits per heavy atom. The van der Waals surface area contributed by atoms with E-state index in [9.17, 15) is 0 Å². The highest BCUT2D eigenvalue weighted by Gasteiger charge is 2.06. The molecule has 0 spiro atoms. The standard InChI is InChI=1S/C8H18NP/c1-10(2)8-6-4-3-5-7-9-10/h3-8H2,1-2H3. The number of nitrogens with zero attached hydrogens (tertiary/aromatic N) is 1. The molecular formula is C8H18NP. The Bertz CT molecular complexity index is 145. The van der Waals surface area contributed by atoms with Crippen LogP contribution in [0.5, 0.6) is 0 Å². The number of hydrogen-bond donors (Lipinski definition) is 0. The van der Waals surface area contributed by atoms with E-state index in [0.717, 1.165) is 6.54 Å². The van der Waals surface area contributed by atoms with E-state index in [2.05, 4.69) is 13.3 Å². The van der Waals surface area contributed by atoms with Gasteiger partial charge in [-0.15, -0.1) is 0 Å². The Morgan fingerprint density at radius 1 is 1.00 bits per heavy atom. The first-order valence-electron chi connectivity index (χ1n) is 4.23. The van der Waals surface area contributed by atoms with Crippen molar-refractivity contribution in [2.45, 2.75) is 25.7 Å². The Kier molecular flexibility index (Phi) is 2.97. The van der Waals surface area contributed by atoms with Crippen molar-refractivity contribution in [1.82, 2.24) is 0 Å². The van der Waals surface area contributed by atoms with Gasteiger partial charge >= 0.3 is 0 Å². The maximum absolute atomic E-state index is 4.73. The molecule has 0 fully saturated rings. The van der Waals surface area contributed by atoms with Crippen molar-refractivity contribution in [3.8, 4) is 0 Å². The summed E-state index contributed by atoms with van der Waals surface area (Å²) in [6.45, 7) is 5.86.